The minimum atomic E-state index is -0.250. The highest BCUT2D eigenvalue weighted by atomic mass is 16.3. The van der Waals surface area contributed by atoms with Crippen LogP contribution in [0.5, 0.6) is 0 Å². The molecule has 1 saturated heterocycles. The van der Waals surface area contributed by atoms with Crippen LogP contribution in [0.25, 0.3) is 5.57 Å². The van der Waals surface area contributed by atoms with Crippen molar-refractivity contribution >= 4 is 17.5 Å². The molecule has 0 spiro atoms. The lowest BCUT2D eigenvalue weighted by molar-refractivity contribution is -0.147. The van der Waals surface area contributed by atoms with Crippen LogP contribution in [0, 0.1) is 0 Å². The Balaban J connectivity index is 1.73. The topological polar surface area (TPSA) is 81.7 Å². The van der Waals surface area contributed by atoms with E-state index in [-0.39, 0.29) is 36.5 Å². The van der Waals surface area contributed by atoms with E-state index >= 15 is 0 Å². The van der Waals surface area contributed by atoms with E-state index in [1.807, 2.05) is 6.92 Å². The van der Waals surface area contributed by atoms with Gasteiger partial charge >= 0.3 is 6.03 Å². The van der Waals surface area contributed by atoms with Crippen molar-refractivity contribution in [2.45, 2.75) is 57.5 Å². The fraction of sp³-hybridized carbons (Fsp3) is 0.545. The van der Waals surface area contributed by atoms with Crippen molar-refractivity contribution in [1.29, 1.82) is 0 Å². The molecule has 28 heavy (non-hydrogen) atoms. The average Bonchev–Trinajstić information content (AvgIpc) is 3.20. The summed E-state index contributed by atoms with van der Waals surface area (Å²) >= 11 is 0. The average molecular weight is 386 g/mol. The molecule has 1 heterocycles. The Kier molecular flexibility index (Phi) is 6.73. The van der Waals surface area contributed by atoms with E-state index in [4.69, 9.17) is 0 Å². The summed E-state index contributed by atoms with van der Waals surface area (Å²) in [7, 11) is 0. The molecular weight excluding hydrogens is 354 g/mol. The highest BCUT2D eigenvalue weighted by Gasteiger charge is 2.49. The van der Waals surface area contributed by atoms with Gasteiger partial charge in [0.1, 0.15) is 0 Å². The number of benzene rings is 1. The van der Waals surface area contributed by atoms with Gasteiger partial charge in [0, 0.05) is 25.9 Å². The number of urea groups is 1. The molecule has 3 rings (SSSR count). The quantitative estimate of drug-likeness (QED) is 0.675. The lowest BCUT2D eigenvalue weighted by atomic mass is 9.74. The van der Waals surface area contributed by atoms with Crippen molar-refractivity contribution in [2.75, 3.05) is 19.7 Å². The van der Waals surface area contributed by atoms with E-state index < -0.39 is 0 Å². The summed E-state index contributed by atoms with van der Waals surface area (Å²) in [6.07, 6.45) is 6.66. The summed E-state index contributed by atoms with van der Waals surface area (Å²) < 4.78 is 0. The number of aliphatic hydroxyl groups is 1. The highest BCUT2D eigenvalue weighted by Crippen LogP contribution is 2.41. The molecule has 1 aromatic rings. The Labute approximate surface area is 167 Å². The van der Waals surface area contributed by atoms with Gasteiger partial charge in [-0.3, -0.25) is 4.79 Å². The summed E-state index contributed by atoms with van der Waals surface area (Å²) in [5, 5.41) is 15.5. The van der Waals surface area contributed by atoms with Crippen molar-refractivity contribution in [2.24, 2.45) is 0 Å². The second kappa shape index (κ2) is 9.24. The largest absolute Gasteiger partial charge is 0.394 e. The van der Waals surface area contributed by atoms with Crippen LogP contribution < -0.4 is 10.6 Å². The van der Waals surface area contributed by atoms with Crippen LogP contribution >= 0.6 is 0 Å². The Bertz CT molecular complexity index is 729. The highest BCUT2D eigenvalue weighted by molar-refractivity contribution is 5.77. The Morgan fingerprint density at radius 2 is 1.93 bits per heavy atom. The summed E-state index contributed by atoms with van der Waals surface area (Å²) in [5.74, 6) is -0.0734. The fourth-order valence-corrected chi connectivity index (χ4v) is 4.44. The normalized spacial score (nSPS) is 23.8. The zero-order valence-corrected chi connectivity index (χ0v) is 16.8. The van der Waals surface area contributed by atoms with Gasteiger partial charge in [0.2, 0.25) is 5.91 Å². The maximum absolute atomic E-state index is 12.1. The van der Waals surface area contributed by atoms with Crippen LogP contribution in [-0.2, 0) is 4.79 Å². The molecule has 0 unspecified atom stereocenters. The third kappa shape index (κ3) is 4.22. The number of nitrogens with one attached hydrogen (secondary N) is 2. The minimum Gasteiger partial charge on any atom is -0.394 e. The first kappa shape index (κ1) is 20.4. The fourth-order valence-electron chi connectivity index (χ4n) is 4.44. The molecule has 0 radical (unpaired) electrons. The number of allylic oxidation sites excluding steroid dienone is 2. The number of hydrogen-bond acceptors (Lipinski definition) is 3. The number of nitrogens with zero attached hydrogens (tertiary/aromatic N) is 1. The first-order valence-corrected chi connectivity index (χ1v) is 10.3. The van der Waals surface area contributed by atoms with Crippen LogP contribution in [0.2, 0.25) is 0 Å². The van der Waals surface area contributed by atoms with Crippen molar-refractivity contribution < 1.29 is 14.7 Å². The summed E-state index contributed by atoms with van der Waals surface area (Å²) in [6.45, 7) is 4.40. The third-order valence-electron chi connectivity index (χ3n) is 5.81. The van der Waals surface area contributed by atoms with Gasteiger partial charge in [0.25, 0.3) is 0 Å². The van der Waals surface area contributed by atoms with Crippen molar-refractivity contribution in [3.05, 3.63) is 41.5 Å². The van der Waals surface area contributed by atoms with Crippen LogP contribution in [-0.4, -0.2) is 53.7 Å². The molecule has 1 fully saturated rings. The van der Waals surface area contributed by atoms with E-state index in [0.717, 1.165) is 24.8 Å². The molecule has 6 nitrogen and oxygen atoms in total. The number of hydrogen-bond donors (Lipinski definition) is 3. The molecule has 2 aliphatic rings. The van der Waals surface area contributed by atoms with E-state index in [2.05, 4.69) is 41.0 Å². The molecule has 1 aliphatic heterocycles. The maximum atomic E-state index is 12.1. The standard InChI is InChI=1S/C22H31N3O3/c1-3-12-23-22(28)24-13-19-21(20(14-26)25(19)15(2)27)18-10-8-17(9-11-18)16-6-4-5-7-16/h6,8-11,19-21,26H,3-5,7,12-14H2,1-2H3,(H2,23,24,28)/t19-,20-,21-/m1/s1. The first-order valence-electron chi connectivity index (χ1n) is 10.3. The smallest absolute Gasteiger partial charge is 0.314 e. The molecule has 3 atom stereocenters. The number of carbonyl (C=O) groups excluding carboxylic acids is 2. The molecule has 6 heteroatoms. The van der Waals surface area contributed by atoms with Gasteiger partial charge in [0.15, 0.2) is 0 Å². The summed E-state index contributed by atoms with van der Waals surface area (Å²) in [5.41, 5.74) is 3.74. The van der Waals surface area contributed by atoms with Gasteiger partial charge in [0.05, 0.1) is 18.7 Å². The van der Waals surface area contributed by atoms with E-state index in [0.29, 0.717) is 13.1 Å². The van der Waals surface area contributed by atoms with Crippen molar-refractivity contribution in [3.8, 4) is 0 Å². The second-order valence-corrected chi connectivity index (χ2v) is 7.65. The van der Waals surface area contributed by atoms with Gasteiger partial charge in [-0.2, -0.15) is 0 Å². The second-order valence-electron chi connectivity index (χ2n) is 7.65. The van der Waals surface area contributed by atoms with Crippen molar-refractivity contribution in [1.82, 2.24) is 15.5 Å². The van der Waals surface area contributed by atoms with E-state index in [1.54, 1.807) is 4.90 Å². The Hall–Kier alpha value is -2.34. The van der Waals surface area contributed by atoms with E-state index in [1.165, 1.54) is 24.5 Å². The molecule has 3 amide bonds. The number of aliphatic hydroxyl groups excluding tert-OH is 1. The van der Waals surface area contributed by atoms with Gasteiger partial charge in [-0.25, -0.2) is 4.79 Å². The molecule has 1 aliphatic carbocycles. The van der Waals surface area contributed by atoms with Gasteiger partial charge in [-0.15, -0.1) is 0 Å². The number of carbonyl (C=O) groups is 2. The summed E-state index contributed by atoms with van der Waals surface area (Å²) in [4.78, 5) is 25.7. The predicted molar refractivity (Wildman–Crippen MR) is 110 cm³/mol. The Morgan fingerprint density at radius 3 is 2.50 bits per heavy atom. The van der Waals surface area contributed by atoms with Gasteiger partial charge in [-0.1, -0.05) is 37.3 Å². The van der Waals surface area contributed by atoms with Crippen LogP contribution in [0.3, 0.4) is 0 Å². The molecule has 152 valence electrons. The van der Waals surface area contributed by atoms with Crippen LogP contribution in [0.4, 0.5) is 4.79 Å². The number of rotatable bonds is 7. The molecular formula is C22H31N3O3. The predicted octanol–water partition coefficient (Wildman–Crippen LogP) is 2.64. The van der Waals surface area contributed by atoms with Crippen LogP contribution in [0.1, 0.15) is 56.6 Å². The SMILES string of the molecule is CCCNC(=O)NC[C@@H]1[C@@H](c2ccc(C3=CCCC3)cc2)[C@@H](CO)N1C(C)=O. The maximum Gasteiger partial charge on any atom is 0.314 e. The van der Waals surface area contributed by atoms with Crippen LogP contribution in [0.15, 0.2) is 30.3 Å². The van der Waals surface area contributed by atoms with E-state index in [9.17, 15) is 14.7 Å². The van der Waals surface area contributed by atoms with Gasteiger partial charge in [-0.05, 0) is 42.4 Å². The molecule has 0 aromatic heterocycles. The lowest BCUT2D eigenvalue weighted by Crippen LogP contribution is -2.68. The zero-order valence-electron chi connectivity index (χ0n) is 16.8. The molecule has 0 bridgehead atoms. The molecule has 0 saturated carbocycles. The zero-order chi connectivity index (χ0) is 20.1. The molecule has 3 N–H and O–H groups in total. The minimum absolute atomic E-state index is 0.00647. The monoisotopic (exact) mass is 385 g/mol. The number of likely N-dealkylation sites (tertiary alicyclic amines) is 1. The Morgan fingerprint density at radius 1 is 1.18 bits per heavy atom. The third-order valence-corrected chi connectivity index (χ3v) is 5.81. The lowest BCUT2D eigenvalue weighted by Gasteiger charge is -2.54. The molecule has 1 aromatic carbocycles. The number of amides is 3. The van der Waals surface area contributed by atoms with Gasteiger partial charge < -0.3 is 20.6 Å². The first-order chi connectivity index (χ1) is 13.6. The summed E-state index contributed by atoms with van der Waals surface area (Å²) in [6, 6.07) is 7.84. The van der Waals surface area contributed by atoms with Crippen molar-refractivity contribution in [3.63, 3.8) is 0 Å².